The van der Waals surface area contributed by atoms with Crippen molar-refractivity contribution in [3.05, 3.63) is 34.8 Å². The summed E-state index contributed by atoms with van der Waals surface area (Å²) in [6, 6.07) is 3.65. The van der Waals surface area contributed by atoms with Gasteiger partial charge in [0, 0.05) is 5.69 Å². The lowest BCUT2D eigenvalue weighted by Gasteiger charge is -2.01. The molecule has 0 saturated carbocycles. The van der Waals surface area contributed by atoms with Crippen molar-refractivity contribution in [1.29, 1.82) is 0 Å². The van der Waals surface area contributed by atoms with Gasteiger partial charge in [-0.3, -0.25) is 0 Å². The number of aromatic nitrogens is 2. The van der Waals surface area contributed by atoms with Crippen molar-refractivity contribution in [2.75, 3.05) is 0 Å². The second-order valence-corrected chi connectivity index (χ2v) is 3.68. The SMILES string of the molecule is CCc1cc(Cl)nc(-c2occc2C)n1. The Morgan fingerprint density at radius 3 is 2.80 bits per heavy atom. The van der Waals surface area contributed by atoms with Crippen molar-refractivity contribution in [2.24, 2.45) is 0 Å². The molecule has 2 aromatic rings. The van der Waals surface area contributed by atoms with E-state index in [1.54, 1.807) is 12.3 Å². The first-order valence-corrected chi connectivity index (χ1v) is 5.16. The van der Waals surface area contributed by atoms with Crippen molar-refractivity contribution in [3.63, 3.8) is 0 Å². The van der Waals surface area contributed by atoms with Gasteiger partial charge in [-0.2, -0.15) is 0 Å². The number of furan rings is 1. The number of hydrogen-bond donors (Lipinski definition) is 0. The van der Waals surface area contributed by atoms with Crippen LogP contribution in [0, 0.1) is 6.92 Å². The van der Waals surface area contributed by atoms with E-state index in [0.717, 1.165) is 17.7 Å². The fraction of sp³-hybridized carbons (Fsp3) is 0.273. The molecule has 15 heavy (non-hydrogen) atoms. The largest absolute Gasteiger partial charge is 0.461 e. The Morgan fingerprint density at radius 2 is 2.20 bits per heavy atom. The van der Waals surface area contributed by atoms with Crippen LogP contribution in [-0.4, -0.2) is 9.97 Å². The van der Waals surface area contributed by atoms with Gasteiger partial charge in [0.15, 0.2) is 11.6 Å². The molecule has 0 aliphatic carbocycles. The molecule has 0 fully saturated rings. The summed E-state index contributed by atoms with van der Waals surface area (Å²) in [7, 11) is 0. The van der Waals surface area contributed by atoms with E-state index in [1.165, 1.54) is 0 Å². The molecule has 4 heteroatoms. The van der Waals surface area contributed by atoms with Crippen LogP contribution < -0.4 is 0 Å². The first-order chi connectivity index (χ1) is 7.20. The average molecular weight is 223 g/mol. The zero-order valence-corrected chi connectivity index (χ0v) is 9.38. The standard InChI is InChI=1S/C11H11ClN2O/c1-3-8-6-9(12)14-11(13-8)10-7(2)4-5-15-10/h4-6H,3H2,1-2H3. The van der Waals surface area contributed by atoms with Crippen LogP contribution >= 0.6 is 11.6 Å². The van der Waals surface area contributed by atoms with Crippen LogP contribution in [0.1, 0.15) is 18.2 Å². The van der Waals surface area contributed by atoms with Crippen LogP contribution in [0.4, 0.5) is 0 Å². The van der Waals surface area contributed by atoms with Gasteiger partial charge in [-0.05, 0) is 31.0 Å². The summed E-state index contributed by atoms with van der Waals surface area (Å²) in [6.45, 7) is 3.98. The molecular weight excluding hydrogens is 212 g/mol. The average Bonchev–Trinajstić information content (AvgIpc) is 2.63. The molecule has 2 aromatic heterocycles. The number of aryl methyl sites for hydroxylation is 2. The molecule has 2 rings (SSSR count). The third-order valence-corrected chi connectivity index (χ3v) is 2.37. The molecule has 0 aliphatic rings. The Morgan fingerprint density at radius 1 is 1.40 bits per heavy atom. The molecule has 0 aliphatic heterocycles. The van der Waals surface area contributed by atoms with Crippen molar-refractivity contribution in [3.8, 4) is 11.6 Å². The van der Waals surface area contributed by atoms with Gasteiger partial charge in [0.05, 0.1) is 6.26 Å². The summed E-state index contributed by atoms with van der Waals surface area (Å²) in [4.78, 5) is 8.51. The third-order valence-electron chi connectivity index (χ3n) is 2.18. The van der Waals surface area contributed by atoms with E-state index >= 15 is 0 Å². The van der Waals surface area contributed by atoms with Crippen molar-refractivity contribution >= 4 is 11.6 Å². The van der Waals surface area contributed by atoms with Crippen molar-refractivity contribution < 1.29 is 4.42 Å². The summed E-state index contributed by atoms with van der Waals surface area (Å²) in [6.07, 6.45) is 2.45. The van der Waals surface area contributed by atoms with Crippen LogP contribution in [-0.2, 0) is 6.42 Å². The van der Waals surface area contributed by atoms with Crippen molar-refractivity contribution in [1.82, 2.24) is 9.97 Å². The minimum absolute atomic E-state index is 0.452. The first-order valence-electron chi connectivity index (χ1n) is 4.78. The number of halogens is 1. The molecule has 2 heterocycles. The molecule has 0 saturated heterocycles. The zero-order chi connectivity index (χ0) is 10.8. The Kier molecular flexibility index (Phi) is 2.73. The summed E-state index contributed by atoms with van der Waals surface area (Å²) < 4.78 is 5.32. The zero-order valence-electron chi connectivity index (χ0n) is 8.62. The van der Waals surface area contributed by atoms with Crippen LogP contribution in [0.25, 0.3) is 11.6 Å². The maximum Gasteiger partial charge on any atom is 0.197 e. The molecule has 78 valence electrons. The van der Waals surface area contributed by atoms with E-state index in [1.807, 2.05) is 19.9 Å². The van der Waals surface area contributed by atoms with Crippen LogP contribution in [0.5, 0.6) is 0 Å². The Bertz CT molecular complexity index is 479. The first kappa shape index (κ1) is 10.2. The van der Waals surface area contributed by atoms with E-state index < -0.39 is 0 Å². The Hall–Kier alpha value is -1.35. The van der Waals surface area contributed by atoms with Gasteiger partial charge < -0.3 is 4.42 Å². The van der Waals surface area contributed by atoms with Gasteiger partial charge in [-0.1, -0.05) is 18.5 Å². The highest BCUT2D eigenvalue weighted by Crippen LogP contribution is 2.22. The topological polar surface area (TPSA) is 38.9 Å². The van der Waals surface area contributed by atoms with Gasteiger partial charge >= 0.3 is 0 Å². The molecule has 0 amide bonds. The lowest BCUT2D eigenvalue weighted by Crippen LogP contribution is -1.94. The maximum absolute atomic E-state index is 5.91. The van der Waals surface area contributed by atoms with Crippen LogP contribution in [0.15, 0.2) is 22.8 Å². The number of hydrogen-bond acceptors (Lipinski definition) is 3. The predicted octanol–water partition coefficient (Wildman–Crippen LogP) is 3.26. The number of nitrogens with zero attached hydrogens (tertiary/aromatic N) is 2. The molecule has 0 radical (unpaired) electrons. The predicted molar refractivity (Wildman–Crippen MR) is 58.9 cm³/mol. The fourth-order valence-electron chi connectivity index (χ4n) is 1.35. The molecule has 0 N–H and O–H groups in total. The molecule has 0 spiro atoms. The quantitative estimate of drug-likeness (QED) is 0.733. The van der Waals surface area contributed by atoms with Crippen LogP contribution in [0.2, 0.25) is 5.15 Å². The Labute approximate surface area is 93.1 Å². The lowest BCUT2D eigenvalue weighted by molar-refractivity contribution is 0.575. The van der Waals surface area contributed by atoms with E-state index in [-0.39, 0.29) is 0 Å². The smallest absolute Gasteiger partial charge is 0.197 e. The third kappa shape index (κ3) is 2.02. The minimum atomic E-state index is 0.452. The van der Waals surface area contributed by atoms with Gasteiger partial charge in [0.2, 0.25) is 0 Å². The van der Waals surface area contributed by atoms with E-state index in [2.05, 4.69) is 9.97 Å². The molecule has 0 aromatic carbocycles. The van der Waals surface area contributed by atoms with E-state index in [0.29, 0.717) is 16.7 Å². The second-order valence-electron chi connectivity index (χ2n) is 3.29. The molecular formula is C11H11ClN2O. The minimum Gasteiger partial charge on any atom is -0.461 e. The maximum atomic E-state index is 5.91. The van der Waals surface area contributed by atoms with Crippen LogP contribution in [0.3, 0.4) is 0 Å². The second kappa shape index (κ2) is 4.03. The van der Waals surface area contributed by atoms with E-state index in [4.69, 9.17) is 16.0 Å². The highest BCUT2D eigenvalue weighted by molar-refractivity contribution is 6.29. The monoisotopic (exact) mass is 222 g/mol. The highest BCUT2D eigenvalue weighted by atomic mass is 35.5. The molecule has 3 nitrogen and oxygen atoms in total. The summed E-state index contributed by atoms with van der Waals surface area (Å²) in [5.41, 5.74) is 1.93. The summed E-state index contributed by atoms with van der Waals surface area (Å²) in [5.74, 6) is 1.24. The van der Waals surface area contributed by atoms with Crippen molar-refractivity contribution in [2.45, 2.75) is 20.3 Å². The highest BCUT2D eigenvalue weighted by Gasteiger charge is 2.10. The molecule has 0 unspecified atom stereocenters. The van der Waals surface area contributed by atoms with Gasteiger partial charge in [-0.15, -0.1) is 0 Å². The summed E-state index contributed by atoms with van der Waals surface area (Å²) >= 11 is 5.91. The number of rotatable bonds is 2. The fourth-order valence-corrected chi connectivity index (χ4v) is 1.55. The van der Waals surface area contributed by atoms with Gasteiger partial charge in [-0.25, -0.2) is 9.97 Å². The van der Waals surface area contributed by atoms with Gasteiger partial charge in [0.25, 0.3) is 0 Å². The normalized spacial score (nSPS) is 10.6. The molecule has 0 atom stereocenters. The lowest BCUT2D eigenvalue weighted by atomic mass is 10.2. The summed E-state index contributed by atoms with van der Waals surface area (Å²) in [5, 5.41) is 0.452. The van der Waals surface area contributed by atoms with Gasteiger partial charge in [0.1, 0.15) is 5.15 Å². The van der Waals surface area contributed by atoms with E-state index in [9.17, 15) is 0 Å². The Balaban J connectivity index is 2.53. The molecule has 0 bridgehead atoms.